The predicted octanol–water partition coefficient (Wildman–Crippen LogP) is 2.11. The first-order valence-electron chi connectivity index (χ1n) is 4.33. The molecule has 5 heteroatoms. The number of fused-ring (bicyclic) bond motifs is 1. The average Bonchev–Trinajstić information content (AvgIpc) is 2.66. The highest BCUT2D eigenvalue weighted by atomic mass is 32.2. The summed E-state index contributed by atoms with van der Waals surface area (Å²) < 4.78 is 1.07. The number of hydrogen-bond acceptors (Lipinski definition) is 4. The quantitative estimate of drug-likeness (QED) is 0.762. The van der Waals surface area contributed by atoms with Gasteiger partial charge in [-0.25, -0.2) is 4.79 Å². The van der Waals surface area contributed by atoms with E-state index in [-0.39, 0.29) is 6.04 Å². The Morgan fingerprint density at radius 1 is 1.71 bits per heavy atom. The van der Waals surface area contributed by atoms with E-state index in [2.05, 4.69) is 0 Å². The fraction of sp³-hybridized carbons (Fsp3) is 0.444. The van der Waals surface area contributed by atoms with Gasteiger partial charge in [-0.05, 0) is 30.2 Å². The molecule has 3 nitrogen and oxygen atoms in total. The molecule has 0 radical (unpaired) electrons. The molecule has 1 unspecified atom stereocenters. The Bertz CT molecular complexity index is 386. The van der Waals surface area contributed by atoms with Gasteiger partial charge in [0.2, 0.25) is 0 Å². The second-order valence-electron chi connectivity index (χ2n) is 3.27. The van der Waals surface area contributed by atoms with E-state index < -0.39 is 5.97 Å². The van der Waals surface area contributed by atoms with Crippen LogP contribution in [0.15, 0.2) is 4.21 Å². The number of aromatic carboxylic acids is 1. The number of carbonyl (C=O) groups is 1. The summed E-state index contributed by atoms with van der Waals surface area (Å²) in [6, 6.07) is 0.0387. The lowest BCUT2D eigenvalue weighted by Crippen LogP contribution is -2.05. The number of thiophene rings is 1. The lowest BCUT2D eigenvalue weighted by molar-refractivity contribution is 0.0701. The van der Waals surface area contributed by atoms with Gasteiger partial charge in [-0.1, -0.05) is 0 Å². The number of carboxylic acid groups (broad SMARTS) is 1. The first kappa shape index (κ1) is 10.0. The van der Waals surface area contributed by atoms with Gasteiger partial charge in [0, 0.05) is 6.04 Å². The summed E-state index contributed by atoms with van der Waals surface area (Å²) in [5, 5.41) is 9.00. The zero-order valence-electron chi connectivity index (χ0n) is 7.74. The van der Waals surface area contributed by atoms with Gasteiger partial charge in [-0.3, -0.25) is 0 Å². The second-order valence-corrected chi connectivity index (χ2v) is 5.36. The van der Waals surface area contributed by atoms with Gasteiger partial charge >= 0.3 is 5.97 Å². The normalized spacial score (nSPS) is 19.7. The van der Waals surface area contributed by atoms with Crippen molar-refractivity contribution in [1.82, 2.24) is 0 Å². The van der Waals surface area contributed by atoms with E-state index in [1.54, 1.807) is 11.8 Å². The minimum Gasteiger partial charge on any atom is -0.477 e. The Hall–Kier alpha value is -0.520. The molecule has 2 rings (SSSR count). The summed E-state index contributed by atoms with van der Waals surface area (Å²) in [6.07, 6.45) is 3.66. The molecular weight excluding hydrogens is 218 g/mol. The smallest absolute Gasteiger partial charge is 0.346 e. The van der Waals surface area contributed by atoms with Crippen LogP contribution in [0.2, 0.25) is 0 Å². The predicted molar refractivity (Wildman–Crippen MR) is 58.3 cm³/mol. The van der Waals surface area contributed by atoms with Crippen molar-refractivity contribution in [2.24, 2.45) is 5.73 Å². The molecule has 0 bridgehead atoms. The minimum atomic E-state index is -0.819. The van der Waals surface area contributed by atoms with Crippen molar-refractivity contribution in [2.45, 2.75) is 23.1 Å². The van der Waals surface area contributed by atoms with Gasteiger partial charge in [-0.2, -0.15) is 0 Å². The summed E-state index contributed by atoms with van der Waals surface area (Å²) in [5.41, 5.74) is 7.99. The van der Waals surface area contributed by atoms with Crippen LogP contribution in [0.5, 0.6) is 0 Å². The number of thioether (sulfide) groups is 1. The highest BCUT2D eigenvalue weighted by molar-refractivity contribution is 8.00. The van der Waals surface area contributed by atoms with Gasteiger partial charge in [0.1, 0.15) is 4.88 Å². The molecule has 0 aromatic carbocycles. The molecule has 0 aliphatic heterocycles. The highest BCUT2D eigenvalue weighted by Crippen LogP contribution is 2.44. The summed E-state index contributed by atoms with van der Waals surface area (Å²) >= 11 is 2.95. The van der Waals surface area contributed by atoms with Crippen LogP contribution in [0.25, 0.3) is 0 Å². The maximum Gasteiger partial charge on any atom is 0.346 e. The van der Waals surface area contributed by atoms with Gasteiger partial charge in [0.25, 0.3) is 0 Å². The molecule has 14 heavy (non-hydrogen) atoms. The summed E-state index contributed by atoms with van der Waals surface area (Å²) in [5.74, 6) is -0.819. The lowest BCUT2D eigenvalue weighted by atomic mass is 10.2. The summed E-state index contributed by atoms with van der Waals surface area (Å²) in [4.78, 5) is 11.4. The molecule has 1 aliphatic rings. The average molecular weight is 229 g/mol. The largest absolute Gasteiger partial charge is 0.477 e. The second kappa shape index (κ2) is 3.56. The highest BCUT2D eigenvalue weighted by Gasteiger charge is 2.30. The van der Waals surface area contributed by atoms with Crippen molar-refractivity contribution in [3.8, 4) is 0 Å². The van der Waals surface area contributed by atoms with Gasteiger partial charge in [0.15, 0.2) is 0 Å². The van der Waals surface area contributed by atoms with Gasteiger partial charge in [0.05, 0.1) is 4.21 Å². The minimum absolute atomic E-state index is 0.0387. The third-order valence-corrected chi connectivity index (χ3v) is 4.84. The molecule has 0 amide bonds. The zero-order valence-corrected chi connectivity index (χ0v) is 9.37. The Morgan fingerprint density at radius 3 is 3.00 bits per heavy atom. The van der Waals surface area contributed by atoms with E-state index in [1.807, 2.05) is 6.26 Å². The van der Waals surface area contributed by atoms with Crippen molar-refractivity contribution in [3.05, 3.63) is 16.0 Å². The Kier molecular flexibility index (Phi) is 2.55. The maximum absolute atomic E-state index is 11.0. The van der Waals surface area contributed by atoms with Crippen LogP contribution in [-0.4, -0.2) is 17.3 Å². The number of hydrogen-bond donors (Lipinski definition) is 2. The third kappa shape index (κ3) is 1.36. The summed E-state index contributed by atoms with van der Waals surface area (Å²) in [7, 11) is 0. The van der Waals surface area contributed by atoms with E-state index in [4.69, 9.17) is 10.8 Å². The molecule has 1 aromatic rings. The molecule has 0 saturated heterocycles. The van der Waals surface area contributed by atoms with Crippen molar-refractivity contribution in [2.75, 3.05) is 6.26 Å². The monoisotopic (exact) mass is 229 g/mol. The number of rotatable bonds is 2. The van der Waals surface area contributed by atoms with Crippen molar-refractivity contribution < 1.29 is 9.90 Å². The zero-order chi connectivity index (χ0) is 10.3. The van der Waals surface area contributed by atoms with Crippen LogP contribution in [0.1, 0.15) is 33.3 Å². The molecular formula is C9H11NO2S2. The number of carboxylic acids is 1. The van der Waals surface area contributed by atoms with Gasteiger partial charge in [-0.15, -0.1) is 23.1 Å². The topological polar surface area (TPSA) is 63.3 Å². The van der Waals surface area contributed by atoms with Crippen LogP contribution in [-0.2, 0) is 6.42 Å². The fourth-order valence-corrected chi connectivity index (χ4v) is 3.92. The van der Waals surface area contributed by atoms with Crippen molar-refractivity contribution in [3.63, 3.8) is 0 Å². The van der Waals surface area contributed by atoms with E-state index >= 15 is 0 Å². The van der Waals surface area contributed by atoms with Crippen LogP contribution >= 0.6 is 23.1 Å². The van der Waals surface area contributed by atoms with E-state index in [0.717, 1.165) is 28.2 Å². The van der Waals surface area contributed by atoms with E-state index in [9.17, 15) is 4.79 Å². The Morgan fingerprint density at radius 2 is 2.43 bits per heavy atom. The standard InChI is InChI=1S/C9H11NO2S2/c1-13-9-6-4(2-3-5(6)10)7(14-9)8(11)12/h5H,2-3,10H2,1H3,(H,11,12). The van der Waals surface area contributed by atoms with Crippen molar-refractivity contribution in [1.29, 1.82) is 0 Å². The Balaban J connectivity index is 2.57. The molecule has 0 spiro atoms. The first-order chi connectivity index (χ1) is 6.65. The molecule has 1 heterocycles. The molecule has 0 saturated carbocycles. The molecule has 1 atom stereocenters. The Labute approximate surface area is 90.3 Å². The molecule has 1 aromatic heterocycles. The molecule has 3 N–H and O–H groups in total. The molecule has 76 valence electrons. The SMILES string of the molecule is CSc1sc(C(=O)O)c2c1C(N)CC2. The maximum atomic E-state index is 11.0. The first-order valence-corrected chi connectivity index (χ1v) is 6.37. The number of nitrogens with two attached hydrogens (primary N) is 1. The van der Waals surface area contributed by atoms with E-state index in [1.165, 1.54) is 11.3 Å². The van der Waals surface area contributed by atoms with Crippen LogP contribution < -0.4 is 5.73 Å². The van der Waals surface area contributed by atoms with E-state index in [0.29, 0.717) is 4.88 Å². The van der Waals surface area contributed by atoms with Crippen LogP contribution in [0.4, 0.5) is 0 Å². The van der Waals surface area contributed by atoms with Crippen LogP contribution in [0, 0.1) is 0 Å². The van der Waals surface area contributed by atoms with Gasteiger partial charge < -0.3 is 10.8 Å². The fourth-order valence-electron chi connectivity index (χ4n) is 1.85. The van der Waals surface area contributed by atoms with Crippen molar-refractivity contribution >= 4 is 29.1 Å². The summed E-state index contributed by atoms with van der Waals surface area (Å²) in [6.45, 7) is 0. The van der Waals surface area contributed by atoms with Crippen LogP contribution in [0.3, 0.4) is 0 Å². The molecule has 0 fully saturated rings. The lowest BCUT2D eigenvalue weighted by Gasteiger charge is -2.03. The molecule has 1 aliphatic carbocycles. The third-order valence-electron chi connectivity index (χ3n) is 2.47.